The van der Waals surface area contributed by atoms with Crippen molar-refractivity contribution in [3.8, 4) is 5.75 Å². The number of phenols is 1. The molecule has 0 aliphatic carbocycles. The Kier molecular flexibility index (Phi) is 3.61. The summed E-state index contributed by atoms with van der Waals surface area (Å²) < 4.78 is 0. The topological polar surface area (TPSA) is 70.7 Å². The zero-order valence-electron chi connectivity index (χ0n) is 13.9. The van der Waals surface area contributed by atoms with Crippen molar-refractivity contribution in [3.05, 3.63) is 66.1 Å². The zero-order valence-corrected chi connectivity index (χ0v) is 13.9. The van der Waals surface area contributed by atoms with Crippen molar-refractivity contribution in [2.24, 2.45) is 10.2 Å². The fourth-order valence-corrected chi connectivity index (χ4v) is 2.92. The molecule has 5 nitrogen and oxygen atoms in total. The van der Waals surface area contributed by atoms with E-state index in [0.717, 1.165) is 27.2 Å². The molecule has 3 aromatic carbocycles. The normalized spacial score (nSPS) is 11.6. The van der Waals surface area contributed by atoms with Gasteiger partial charge in [-0.15, -0.1) is 10.2 Å². The Hall–Kier alpha value is -3.34. The summed E-state index contributed by atoms with van der Waals surface area (Å²) in [6.45, 7) is 3.69. The van der Waals surface area contributed by atoms with Crippen molar-refractivity contribution in [2.45, 2.75) is 13.8 Å². The predicted octanol–water partition coefficient (Wildman–Crippen LogP) is 5.52. The molecule has 1 aromatic heterocycles. The number of fused-ring (bicyclic) bond motifs is 3. The maximum absolute atomic E-state index is 10.8. The van der Waals surface area contributed by atoms with Crippen LogP contribution >= 0.6 is 0 Å². The van der Waals surface area contributed by atoms with Crippen LogP contribution in [-0.2, 0) is 0 Å². The third kappa shape index (κ3) is 2.59. The maximum Gasteiger partial charge on any atom is 0.196 e. The van der Waals surface area contributed by atoms with Crippen LogP contribution in [0, 0.1) is 13.8 Å². The number of aryl methyl sites for hydroxylation is 2. The fraction of sp³-hybridized carbons (Fsp3) is 0.100. The van der Waals surface area contributed by atoms with Gasteiger partial charge in [0.15, 0.2) is 11.6 Å². The van der Waals surface area contributed by atoms with E-state index in [1.165, 1.54) is 0 Å². The van der Waals surface area contributed by atoms with E-state index in [1.807, 2.05) is 62.4 Å². The van der Waals surface area contributed by atoms with E-state index in [-0.39, 0.29) is 5.75 Å². The number of hydrogen-bond acceptors (Lipinski definition) is 5. The van der Waals surface area contributed by atoms with Crippen LogP contribution in [-0.4, -0.2) is 15.1 Å². The van der Waals surface area contributed by atoms with Gasteiger partial charge in [0.2, 0.25) is 0 Å². The summed E-state index contributed by atoms with van der Waals surface area (Å²) in [5.74, 6) is 0.577. The molecule has 0 fully saturated rings. The van der Waals surface area contributed by atoms with Gasteiger partial charge in [0, 0.05) is 17.0 Å². The molecule has 0 unspecified atom stereocenters. The molecule has 5 heteroatoms. The highest BCUT2D eigenvalue weighted by Gasteiger charge is 2.13. The van der Waals surface area contributed by atoms with E-state index in [4.69, 9.17) is 0 Å². The van der Waals surface area contributed by atoms with Gasteiger partial charge >= 0.3 is 0 Å². The lowest BCUT2D eigenvalue weighted by atomic mass is 9.99. The lowest BCUT2D eigenvalue weighted by molar-refractivity contribution is 0.483. The Bertz CT molecular complexity index is 1140. The van der Waals surface area contributed by atoms with Gasteiger partial charge in [-0.1, -0.05) is 48.5 Å². The number of hydrogen-bond donors (Lipinski definition) is 1. The number of azo groups is 1. The van der Waals surface area contributed by atoms with Crippen LogP contribution in [0.3, 0.4) is 0 Å². The van der Waals surface area contributed by atoms with E-state index in [1.54, 1.807) is 6.20 Å². The van der Waals surface area contributed by atoms with E-state index in [2.05, 4.69) is 20.2 Å². The standard InChI is InChI=1S/C20H16N4O/c1-12-11-21-13(2)20(22-12)24-23-18-16-9-5-3-7-14(16)15-8-4-6-10-17(15)19(18)25/h3-11,25H,1-2H3. The first-order chi connectivity index (χ1) is 12.1. The van der Waals surface area contributed by atoms with Gasteiger partial charge in [0.05, 0.1) is 11.4 Å². The minimum Gasteiger partial charge on any atom is -0.505 e. The average Bonchev–Trinajstić information content (AvgIpc) is 2.64. The SMILES string of the molecule is Cc1cnc(C)c(N=Nc2c(O)c3ccccc3c3ccccc23)n1. The van der Waals surface area contributed by atoms with Crippen molar-refractivity contribution >= 4 is 33.1 Å². The Morgan fingerprint density at radius 2 is 1.40 bits per heavy atom. The molecule has 0 aliphatic rings. The molecule has 1 heterocycles. The molecular weight excluding hydrogens is 312 g/mol. The molecule has 0 saturated carbocycles. The lowest BCUT2D eigenvalue weighted by Crippen LogP contribution is -1.88. The van der Waals surface area contributed by atoms with Crippen LogP contribution in [0.2, 0.25) is 0 Å². The molecule has 0 spiro atoms. The minimum atomic E-state index is 0.122. The smallest absolute Gasteiger partial charge is 0.196 e. The summed E-state index contributed by atoms with van der Waals surface area (Å²) in [5, 5.41) is 22.9. The highest BCUT2D eigenvalue weighted by atomic mass is 16.3. The van der Waals surface area contributed by atoms with Crippen LogP contribution in [0.4, 0.5) is 11.5 Å². The largest absolute Gasteiger partial charge is 0.505 e. The second-order valence-electron chi connectivity index (χ2n) is 5.91. The monoisotopic (exact) mass is 328 g/mol. The summed E-state index contributed by atoms with van der Waals surface area (Å²) >= 11 is 0. The summed E-state index contributed by atoms with van der Waals surface area (Å²) in [6.07, 6.45) is 1.69. The van der Waals surface area contributed by atoms with Gasteiger partial charge in [0.1, 0.15) is 5.69 Å². The zero-order chi connectivity index (χ0) is 17.4. The number of rotatable bonds is 2. The molecule has 0 atom stereocenters. The van der Waals surface area contributed by atoms with Gasteiger partial charge < -0.3 is 5.11 Å². The van der Waals surface area contributed by atoms with Gasteiger partial charge in [-0.3, -0.25) is 4.98 Å². The minimum absolute atomic E-state index is 0.122. The first-order valence-corrected chi connectivity index (χ1v) is 7.99. The number of phenolic OH excluding ortho intramolecular Hbond substituents is 1. The second-order valence-corrected chi connectivity index (χ2v) is 5.91. The number of benzene rings is 3. The number of aromatic hydroxyl groups is 1. The summed E-state index contributed by atoms with van der Waals surface area (Å²) in [6, 6.07) is 15.6. The number of aromatic nitrogens is 2. The molecule has 25 heavy (non-hydrogen) atoms. The van der Waals surface area contributed by atoms with Crippen molar-refractivity contribution in [1.82, 2.24) is 9.97 Å². The van der Waals surface area contributed by atoms with Gasteiger partial charge in [-0.2, -0.15) is 0 Å². The van der Waals surface area contributed by atoms with Crippen molar-refractivity contribution in [3.63, 3.8) is 0 Å². The second kappa shape index (κ2) is 5.94. The molecule has 0 saturated heterocycles. The predicted molar refractivity (Wildman–Crippen MR) is 98.8 cm³/mol. The third-order valence-electron chi connectivity index (χ3n) is 4.17. The highest BCUT2D eigenvalue weighted by Crippen LogP contribution is 2.43. The van der Waals surface area contributed by atoms with E-state index < -0.39 is 0 Å². The highest BCUT2D eigenvalue weighted by molar-refractivity contribution is 6.15. The van der Waals surface area contributed by atoms with Crippen molar-refractivity contribution < 1.29 is 5.11 Å². The maximum atomic E-state index is 10.8. The van der Waals surface area contributed by atoms with Gasteiger partial charge in [0.25, 0.3) is 0 Å². The molecule has 0 aliphatic heterocycles. The first-order valence-electron chi connectivity index (χ1n) is 7.99. The first kappa shape index (κ1) is 15.2. The average molecular weight is 328 g/mol. The molecule has 122 valence electrons. The third-order valence-corrected chi connectivity index (χ3v) is 4.17. The summed E-state index contributed by atoms with van der Waals surface area (Å²) in [5.41, 5.74) is 1.91. The quantitative estimate of drug-likeness (QED) is 0.389. The molecule has 0 radical (unpaired) electrons. The van der Waals surface area contributed by atoms with E-state index in [0.29, 0.717) is 17.2 Å². The van der Waals surface area contributed by atoms with Gasteiger partial charge in [-0.25, -0.2) is 4.98 Å². The molecular formula is C20H16N4O. The lowest BCUT2D eigenvalue weighted by Gasteiger charge is -2.09. The van der Waals surface area contributed by atoms with Crippen LogP contribution in [0.25, 0.3) is 21.5 Å². The fourth-order valence-electron chi connectivity index (χ4n) is 2.92. The van der Waals surface area contributed by atoms with Crippen LogP contribution in [0.15, 0.2) is 65.0 Å². The summed E-state index contributed by atoms with van der Waals surface area (Å²) in [7, 11) is 0. The van der Waals surface area contributed by atoms with Crippen LogP contribution in [0.5, 0.6) is 5.75 Å². The van der Waals surface area contributed by atoms with Crippen molar-refractivity contribution in [2.75, 3.05) is 0 Å². The molecule has 0 bridgehead atoms. The Morgan fingerprint density at radius 3 is 2.12 bits per heavy atom. The van der Waals surface area contributed by atoms with Crippen LogP contribution < -0.4 is 0 Å². The van der Waals surface area contributed by atoms with E-state index >= 15 is 0 Å². The summed E-state index contributed by atoms with van der Waals surface area (Å²) in [4.78, 5) is 8.60. The Morgan fingerprint density at radius 1 is 0.800 bits per heavy atom. The number of nitrogens with zero attached hydrogens (tertiary/aromatic N) is 4. The molecule has 0 amide bonds. The van der Waals surface area contributed by atoms with Gasteiger partial charge in [-0.05, 0) is 24.6 Å². The Labute approximate surface area is 144 Å². The molecule has 4 rings (SSSR count). The Balaban J connectivity index is 1.98. The van der Waals surface area contributed by atoms with Crippen LogP contribution in [0.1, 0.15) is 11.4 Å². The van der Waals surface area contributed by atoms with Crippen molar-refractivity contribution in [1.29, 1.82) is 0 Å². The molecule has 4 aromatic rings. The molecule has 1 N–H and O–H groups in total. The van der Waals surface area contributed by atoms with E-state index in [9.17, 15) is 5.11 Å².